The fraction of sp³-hybridized carbons (Fsp3) is 0.391. The zero-order valence-corrected chi connectivity index (χ0v) is 19.9. The number of amides is 2. The highest BCUT2D eigenvalue weighted by Gasteiger charge is 2.28. The van der Waals surface area contributed by atoms with Crippen LogP contribution in [0.4, 0.5) is 0 Å². The third kappa shape index (κ3) is 7.22. The summed E-state index contributed by atoms with van der Waals surface area (Å²) in [5.41, 5.74) is 3.14. The second-order valence-electron chi connectivity index (χ2n) is 7.05. The topological polar surface area (TPSA) is 49.4 Å². The molecular formula is C23H28Cl2N2O2S. The number of hydrogen-bond donors (Lipinski definition) is 1. The standard InChI is InChI=1S/C23H28Cl2N2O2S/c1-4-21(23(29)26-5-2)27(13-18-10-11-19(24)12-20(18)25)22(28)15-30-14-17-8-6-16(3)7-9-17/h6-12,21H,4-5,13-15H2,1-3H3,(H,26,29)/t21-/m1/s1. The van der Waals surface area contributed by atoms with E-state index < -0.39 is 6.04 Å². The molecule has 2 aromatic carbocycles. The molecule has 2 rings (SSSR count). The Kier molecular flexibility index (Phi) is 10.0. The molecule has 30 heavy (non-hydrogen) atoms. The molecule has 0 unspecified atom stereocenters. The van der Waals surface area contributed by atoms with Gasteiger partial charge in [-0.3, -0.25) is 9.59 Å². The lowest BCUT2D eigenvalue weighted by Crippen LogP contribution is -2.49. The molecule has 1 N–H and O–H groups in total. The first kappa shape index (κ1) is 24.6. The summed E-state index contributed by atoms with van der Waals surface area (Å²) in [7, 11) is 0. The van der Waals surface area contributed by atoms with E-state index in [2.05, 4.69) is 29.6 Å². The van der Waals surface area contributed by atoms with E-state index >= 15 is 0 Å². The van der Waals surface area contributed by atoms with Gasteiger partial charge >= 0.3 is 0 Å². The van der Waals surface area contributed by atoms with E-state index in [-0.39, 0.29) is 24.1 Å². The average Bonchev–Trinajstić information content (AvgIpc) is 2.71. The fourth-order valence-electron chi connectivity index (χ4n) is 3.07. The molecule has 2 amide bonds. The number of likely N-dealkylation sites (N-methyl/N-ethyl adjacent to an activating group) is 1. The smallest absolute Gasteiger partial charge is 0.242 e. The molecule has 1 atom stereocenters. The summed E-state index contributed by atoms with van der Waals surface area (Å²) in [5.74, 6) is 0.785. The number of hydrogen-bond acceptors (Lipinski definition) is 3. The summed E-state index contributed by atoms with van der Waals surface area (Å²) >= 11 is 13.9. The normalized spacial score (nSPS) is 11.8. The zero-order chi connectivity index (χ0) is 22.1. The molecule has 0 saturated carbocycles. The van der Waals surface area contributed by atoms with Gasteiger partial charge in [0.15, 0.2) is 0 Å². The maximum Gasteiger partial charge on any atom is 0.242 e. The molecule has 0 heterocycles. The lowest BCUT2D eigenvalue weighted by atomic mass is 10.1. The lowest BCUT2D eigenvalue weighted by molar-refractivity contribution is -0.139. The van der Waals surface area contributed by atoms with Gasteiger partial charge in [0.2, 0.25) is 11.8 Å². The predicted octanol–water partition coefficient (Wildman–Crippen LogP) is 5.48. The van der Waals surface area contributed by atoms with Crippen LogP contribution in [0.2, 0.25) is 10.0 Å². The second kappa shape index (κ2) is 12.2. The Morgan fingerprint density at radius 2 is 1.80 bits per heavy atom. The van der Waals surface area contributed by atoms with Gasteiger partial charge in [-0.1, -0.05) is 66.0 Å². The van der Waals surface area contributed by atoms with Crippen molar-refractivity contribution >= 4 is 46.8 Å². The first-order valence-electron chi connectivity index (χ1n) is 10.00. The number of thioether (sulfide) groups is 1. The molecule has 0 spiro atoms. The number of benzene rings is 2. The molecule has 0 aliphatic rings. The van der Waals surface area contributed by atoms with Crippen molar-refractivity contribution < 1.29 is 9.59 Å². The SMILES string of the molecule is CCNC(=O)[C@@H](CC)N(Cc1ccc(Cl)cc1Cl)C(=O)CSCc1ccc(C)cc1. The molecule has 0 radical (unpaired) electrons. The Balaban J connectivity index is 2.14. The van der Waals surface area contributed by atoms with Crippen molar-refractivity contribution in [3.05, 3.63) is 69.2 Å². The van der Waals surface area contributed by atoms with Crippen LogP contribution in [0.15, 0.2) is 42.5 Å². The summed E-state index contributed by atoms with van der Waals surface area (Å²) in [6, 6.07) is 12.9. The molecule has 0 aromatic heterocycles. The molecule has 7 heteroatoms. The van der Waals surface area contributed by atoms with E-state index in [9.17, 15) is 9.59 Å². The Labute approximate surface area is 193 Å². The zero-order valence-electron chi connectivity index (χ0n) is 17.6. The first-order valence-corrected chi connectivity index (χ1v) is 11.9. The van der Waals surface area contributed by atoms with Crippen molar-refractivity contribution in [3.8, 4) is 0 Å². The van der Waals surface area contributed by atoms with E-state index in [0.717, 1.165) is 11.3 Å². The number of aryl methyl sites for hydroxylation is 1. The molecule has 0 saturated heterocycles. The number of nitrogens with one attached hydrogen (secondary N) is 1. The van der Waals surface area contributed by atoms with Gasteiger partial charge in [0.25, 0.3) is 0 Å². The van der Waals surface area contributed by atoms with Gasteiger partial charge < -0.3 is 10.2 Å². The molecule has 0 aliphatic carbocycles. The number of nitrogens with zero attached hydrogens (tertiary/aromatic N) is 1. The second-order valence-corrected chi connectivity index (χ2v) is 8.88. The minimum atomic E-state index is -0.552. The molecule has 2 aromatic rings. The molecule has 0 aliphatic heterocycles. The Hall–Kier alpha value is -1.69. The maximum atomic E-state index is 13.1. The number of carbonyl (C=O) groups excluding carboxylic acids is 2. The van der Waals surface area contributed by atoms with Crippen molar-refractivity contribution in [3.63, 3.8) is 0 Å². The van der Waals surface area contributed by atoms with Crippen molar-refractivity contribution in [1.82, 2.24) is 10.2 Å². The van der Waals surface area contributed by atoms with Gasteiger partial charge in [0, 0.05) is 28.9 Å². The Morgan fingerprint density at radius 1 is 1.10 bits per heavy atom. The molecule has 0 fully saturated rings. The Bertz CT molecular complexity index is 859. The van der Waals surface area contributed by atoms with Crippen molar-refractivity contribution in [2.24, 2.45) is 0 Å². The Morgan fingerprint density at radius 3 is 2.40 bits per heavy atom. The van der Waals surface area contributed by atoms with Crippen LogP contribution >= 0.6 is 35.0 Å². The fourth-order valence-corrected chi connectivity index (χ4v) is 4.41. The third-order valence-electron chi connectivity index (χ3n) is 4.71. The van der Waals surface area contributed by atoms with Gasteiger partial charge in [0.05, 0.1) is 5.75 Å². The van der Waals surface area contributed by atoms with Crippen molar-refractivity contribution in [1.29, 1.82) is 0 Å². The molecular weight excluding hydrogens is 439 g/mol. The van der Waals surface area contributed by atoms with Crippen LogP contribution in [0, 0.1) is 6.92 Å². The average molecular weight is 467 g/mol. The third-order valence-corrected chi connectivity index (χ3v) is 6.28. The van der Waals surface area contributed by atoms with Crippen LogP contribution < -0.4 is 5.32 Å². The van der Waals surface area contributed by atoms with E-state index in [1.165, 1.54) is 11.1 Å². The highest BCUT2D eigenvalue weighted by atomic mass is 35.5. The number of halogens is 2. The van der Waals surface area contributed by atoms with Crippen LogP contribution in [0.5, 0.6) is 0 Å². The van der Waals surface area contributed by atoms with Gasteiger partial charge in [-0.05, 0) is 43.5 Å². The first-order chi connectivity index (χ1) is 14.3. The monoisotopic (exact) mass is 466 g/mol. The quantitative estimate of drug-likeness (QED) is 0.504. The van der Waals surface area contributed by atoms with E-state index in [4.69, 9.17) is 23.2 Å². The van der Waals surface area contributed by atoms with Gasteiger partial charge in [-0.15, -0.1) is 11.8 Å². The molecule has 4 nitrogen and oxygen atoms in total. The van der Waals surface area contributed by atoms with E-state index in [0.29, 0.717) is 23.0 Å². The summed E-state index contributed by atoms with van der Waals surface area (Å²) < 4.78 is 0. The predicted molar refractivity (Wildman–Crippen MR) is 127 cm³/mol. The summed E-state index contributed by atoms with van der Waals surface area (Å²) in [5, 5.41) is 3.85. The summed E-state index contributed by atoms with van der Waals surface area (Å²) in [6.07, 6.45) is 0.519. The lowest BCUT2D eigenvalue weighted by Gasteiger charge is -2.30. The van der Waals surface area contributed by atoms with Crippen molar-refractivity contribution in [2.75, 3.05) is 12.3 Å². The van der Waals surface area contributed by atoms with Crippen LogP contribution in [0.25, 0.3) is 0 Å². The maximum absolute atomic E-state index is 13.1. The number of carbonyl (C=O) groups is 2. The summed E-state index contributed by atoms with van der Waals surface area (Å²) in [6.45, 7) is 6.59. The summed E-state index contributed by atoms with van der Waals surface area (Å²) in [4.78, 5) is 27.4. The van der Waals surface area contributed by atoms with E-state index in [1.54, 1.807) is 34.9 Å². The minimum Gasteiger partial charge on any atom is -0.355 e. The molecule has 0 bridgehead atoms. The highest BCUT2D eigenvalue weighted by Crippen LogP contribution is 2.24. The van der Waals surface area contributed by atoms with E-state index in [1.807, 2.05) is 20.8 Å². The van der Waals surface area contributed by atoms with Crippen molar-refractivity contribution in [2.45, 2.75) is 45.5 Å². The number of rotatable bonds is 10. The van der Waals surface area contributed by atoms with Gasteiger partial charge in [-0.25, -0.2) is 0 Å². The van der Waals surface area contributed by atoms with Crippen LogP contribution in [-0.2, 0) is 21.9 Å². The van der Waals surface area contributed by atoms with Gasteiger partial charge in [-0.2, -0.15) is 0 Å². The molecule has 162 valence electrons. The van der Waals surface area contributed by atoms with Crippen LogP contribution in [0.1, 0.15) is 37.0 Å². The highest BCUT2D eigenvalue weighted by molar-refractivity contribution is 7.99. The van der Waals surface area contributed by atoms with Crippen LogP contribution in [0.3, 0.4) is 0 Å². The largest absolute Gasteiger partial charge is 0.355 e. The van der Waals surface area contributed by atoms with Crippen LogP contribution in [-0.4, -0.2) is 35.1 Å². The minimum absolute atomic E-state index is 0.0868. The van der Waals surface area contributed by atoms with Gasteiger partial charge in [0.1, 0.15) is 6.04 Å².